The molecule has 7 nitrogen and oxygen atoms in total. The normalized spacial score (nSPS) is 19.4. The van der Waals surface area contributed by atoms with Gasteiger partial charge >= 0.3 is 0 Å². The molecule has 0 bridgehead atoms. The minimum Gasteiger partial charge on any atom is -0.487 e. The fraction of sp³-hybridized carbons (Fsp3) is 0.250. The molecule has 0 spiro atoms. The number of ether oxygens (including phenoxy) is 3. The maximum absolute atomic E-state index is 6.04. The number of hydrogen-bond acceptors (Lipinski definition) is 6. The number of allylic oxidation sites excluding steroid dienone is 6. The zero-order valence-corrected chi connectivity index (χ0v) is 22.0. The van der Waals surface area contributed by atoms with Crippen LogP contribution in [0.2, 0.25) is 0 Å². The number of morpholine rings is 1. The third-order valence-corrected chi connectivity index (χ3v) is 7.19. The van der Waals surface area contributed by atoms with Crippen molar-refractivity contribution in [1.82, 2.24) is 4.57 Å². The van der Waals surface area contributed by atoms with Crippen LogP contribution in [0.4, 0.5) is 17.1 Å². The number of aromatic nitrogens is 1. The Balaban J connectivity index is 1.28. The van der Waals surface area contributed by atoms with Crippen molar-refractivity contribution in [3.8, 4) is 11.5 Å². The molecule has 1 fully saturated rings. The molecule has 0 atom stereocenters. The molecule has 1 saturated heterocycles. The molecule has 3 heterocycles. The number of hydrogen-bond donors (Lipinski definition) is 2. The molecule has 200 valence electrons. The molecular formula is C32H34N4O3. The second-order valence-electron chi connectivity index (χ2n) is 9.80. The van der Waals surface area contributed by atoms with Gasteiger partial charge in [-0.3, -0.25) is 0 Å². The molecular weight excluding hydrogens is 488 g/mol. The number of anilines is 3. The molecule has 0 unspecified atom stereocenters. The van der Waals surface area contributed by atoms with Crippen molar-refractivity contribution in [1.29, 1.82) is 0 Å². The maximum atomic E-state index is 6.04. The third-order valence-electron chi connectivity index (χ3n) is 7.19. The first-order chi connectivity index (χ1) is 19.2. The quantitative estimate of drug-likeness (QED) is 0.360. The lowest BCUT2D eigenvalue weighted by molar-refractivity contribution is 0.122. The number of fused-ring (bicyclic) bond motifs is 1. The first kappa shape index (κ1) is 24.9. The fourth-order valence-electron chi connectivity index (χ4n) is 5.23. The number of rotatable bonds is 7. The van der Waals surface area contributed by atoms with Crippen LogP contribution in [0, 0.1) is 0 Å². The van der Waals surface area contributed by atoms with E-state index in [0.29, 0.717) is 18.0 Å². The summed E-state index contributed by atoms with van der Waals surface area (Å²) in [7, 11) is 0. The smallest absolute Gasteiger partial charge is 0.198 e. The predicted molar refractivity (Wildman–Crippen MR) is 157 cm³/mol. The van der Waals surface area contributed by atoms with Gasteiger partial charge in [-0.2, -0.15) is 0 Å². The number of para-hydroxylation sites is 4. The largest absolute Gasteiger partial charge is 0.487 e. The number of nitrogen functional groups attached to an aromatic ring is 1. The molecule has 2 aromatic carbocycles. The van der Waals surface area contributed by atoms with Gasteiger partial charge in [0, 0.05) is 25.5 Å². The van der Waals surface area contributed by atoms with Crippen LogP contribution in [0.1, 0.15) is 19.3 Å². The first-order valence-corrected chi connectivity index (χ1v) is 13.6. The van der Waals surface area contributed by atoms with E-state index in [9.17, 15) is 0 Å². The summed E-state index contributed by atoms with van der Waals surface area (Å²) in [5, 5.41) is 3.36. The van der Waals surface area contributed by atoms with E-state index in [2.05, 4.69) is 51.5 Å². The summed E-state index contributed by atoms with van der Waals surface area (Å²) in [6.07, 6.45) is 16.0. The van der Waals surface area contributed by atoms with E-state index in [0.717, 1.165) is 62.9 Å². The van der Waals surface area contributed by atoms with Crippen LogP contribution in [-0.4, -0.2) is 37.5 Å². The van der Waals surface area contributed by atoms with Crippen LogP contribution in [0.3, 0.4) is 0 Å². The summed E-state index contributed by atoms with van der Waals surface area (Å²) in [5.41, 5.74) is 12.7. The van der Waals surface area contributed by atoms with Crippen molar-refractivity contribution in [2.45, 2.75) is 19.3 Å². The zero-order chi connectivity index (χ0) is 26.4. The number of nitrogens with zero attached hydrogens (tertiary/aromatic N) is 2. The van der Waals surface area contributed by atoms with E-state index < -0.39 is 0 Å². The van der Waals surface area contributed by atoms with Crippen molar-refractivity contribution in [2.75, 3.05) is 48.9 Å². The number of nitrogens with one attached hydrogen (secondary N) is 1. The molecule has 3 N–H and O–H groups in total. The molecule has 1 aromatic heterocycles. The summed E-state index contributed by atoms with van der Waals surface area (Å²) in [4.78, 5) is 2.38. The van der Waals surface area contributed by atoms with E-state index in [-0.39, 0.29) is 0 Å². The summed E-state index contributed by atoms with van der Waals surface area (Å²) in [5.74, 6) is 2.30. The zero-order valence-electron chi connectivity index (χ0n) is 22.0. The van der Waals surface area contributed by atoms with Crippen molar-refractivity contribution in [2.24, 2.45) is 0 Å². The minimum absolute atomic E-state index is 0.453. The molecule has 7 heteroatoms. The Morgan fingerprint density at radius 2 is 1.82 bits per heavy atom. The maximum Gasteiger partial charge on any atom is 0.198 e. The number of nitrogens with two attached hydrogens (primary N) is 1. The second-order valence-corrected chi connectivity index (χ2v) is 9.80. The highest BCUT2D eigenvalue weighted by molar-refractivity contribution is 5.73. The third kappa shape index (κ3) is 5.73. The molecule has 6 rings (SSSR count). The van der Waals surface area contributed by atoms with Crippen LogP contribution in [0.5, 0.6) is 11.5 Å². The van der Waals surface area contributed by atoms with Crippen molar-refractivity contribution in [3.05, 3.63) is 108 Å². The van der Waals surface area contributed by atoms with Crippen molar-refractivity contribution in [3.63, 3.8) is 0 Å². The molecule has 0 amide bonds. The van der Waals surface area contributed by atoms with Crippen LogP contribution < -0.4 is 25.4 Å². The highest BCUT2D eigenvalue weighted by Gasteiger charge is 2.20. The average molecular weight is 523 g/mol. The van der Waals surface area contributed by atoms with E-state index >= 15 is 0 Å². The molecule has 3 aliphatic rings. The van der Waals surface area contributed by atoms with E-state index in [1.165, 1.54) is 22.5 Å². The molecule has 0 saturated carbocycles. The summed E-state index contributed by atoms with van der Waals surface area (Å²) in [6.45, 7) is 3.81. The Morgan fingerprint density at radius 1 is 0.974 bits per heavy atom. The van der Waals surface area contributed by atoms with Gasteiger partial charge in [-0.1, -0.05) is 36.4 Å². The van der Waals surface area contributed by atoms with E-state index in [1.807, 2.05) is 54.6 Å². The lowest BCUT2D eigenvalue weighted by Crippen LogP contribution is -2.35. The molecule has 2 aliphatic heterocycles. The standard InChI is InChI=1S/C32H34N4O3/c33-27-10-1-3-12-29(27)38-20-6-9-24-7-5-8-25(14-15-31-34-28-11-2-4-13-30(28)39-31)32(24)36-17-16-26(23-36)35-18-21-37-22-19-35/h1-4,6,9-17,23,34H,5,7-8,18-22,33H2/b9-6+,25-14+,31-15-. The van der Waals surface area contributed by atoms with E-state index in [4.69, 9.17) is 19.9 Å². The predicted octanol–water partition coefficient (Wildman–Crippen LogP) is 6.21. The van der Waals surface area contributed by atoms with Gasteiger partial charge in [0.25, 0.3) is 0 Å². The van der Waals surface area contributed by atoms with Gasteiger partial charge in [-0.05, 0) is 72.9 Å². The van der Waals surface area contributed by atoms with Gasteiger partial charge in [0.15, 0.2) is 11.6 Å². The minimum atomic E-state index is 0.453. The monoisotopic (exact) mass is 522 g/mol. The Hall–Kier alpha value is -4.36. The van der Waals surface area contributed by atoms with Gasteiger partial charge in [-0.15, -0.1) is 0 Å². The Labute approximate surface area is 229 Å². The van der Waals surface area contributed by atoms with Crippen molar-refractivity contribution < 1.29 is 14.2 Å². The number of benzene rings is 2. The van der Waals surface area contributed by atoms with Gasteiger partial charge in [0.05, 0.1) is 36.0 Å². The fourth-order valence-corrected chi connectivity index (χ4v) is 5.23. The Morgan fingerprint density at radius 3 is 2.69 bits per heavy atom. The summed E-state index contributed by atoms with van der Waals surface area (Å²) in [6, 6.07) is 17.8. The van der Waals surface area contributed by atoms with E-state index in [1.54, 1.807) is 0 Å². The highest BCUT2D eigenvalue weighted by atomic mass is 16.5. The first-order valence-electron chi connectivity index (χ1n) is 13.6. The Bertz CT molecular complexity index is 1420. The average Bonchev–Trinajstić information content (AvgIpc) is 3.63. The lowest BCUT2D eigenvalue weighted by atomic mass is 9.90. The van der Waals surface area contributed by atoms with Crippen molar-refractivity contribution >= 4 is 22.8 Å². The molecule has 0 radical (unpaired) electrons. The second kappa shape index (κ2) is 11.6. The van der Waals surface area contributed by atoms with Crippen LogP contribution in [0.25, 0.3) is 5.70 Å². The van der Waals surface area contributed by atoms with Gasteiger partial charge < -0.3 is 34.7 Å². The van der Waals surface area contributed by atoms with Gasteiger partial charge in [-0.25, -0.2) is 0 Å². The van der Waals surface area contributed by atoms with Crippen LogP contribution in [-0.2, 0) is 4.74 Å². The van der Waals surface area contributed by atoms with Crippen LogP contribution >= 0.6 is 0 Å². The van der Waals surface area contributed by atoms with Gasteiger partial charge in [0.2, 0.25) is 0 Å². The highest BCUT2D eigenvalue weighted by Crippen LogP contribution is 2.37. The SMILES string of the molecule is Nc1ccccc1OC/C=C/C1=C(n2ccc(N3CCOCC3)c2)C(=C/C=C2/Nc3ccccc3O2)/CCC1. The summed E-state index contributed by atoms with van der Waals surface area (Å²) >= 11 is 0. The topological polar surface area (TPSA) is 73.9 Å². The molecule has 39 heavy (non-hydrogen) atoms. The van der Waals surface area contributed by atoms with Gasteiger partial charge in [0.1, 0.15) is 12.4 Å². The Kier molecular flexibility index (Phi) is 7.41. The molecule has 3 aromatic rings. The lowest BCUT2D eigenvalue weighted by Gasteiger charge is -2.28. The molecule has 1 aliphatic carbocycles. The van der Waals surface area contributed by atoms with Crippen LogP contribution in [0.15, 0.2) is 108 Å². The summed E-state index contributed by atoms with van der Waals surface area (Å²) < 4.78 is 19.7.